The van der Waals surface area contributed by atoms with Crippen LogP contribution < -0.4 is 5.32 Å². The molecule has 10 nitrogen and oxygen atoms in total. The molecule has 1 aromatic rings. The van der Waals surface area contributed by atoms with E-state index in [1.54, 1.807) is 12.1 Å². The minimum atomic E-state index is -4.37. The standard InChI is InChI=1S/C13H11N4O6P/c1-22-24(21,23-2)13(8(6-14)7-15)10-5-9(17(19)20)3-4-11(10)16-12(13)18/h3-5,8H,1-2H3,(H,16,18). The highest BCUT2D eigenvalue weighted by Gasteiger charge is 2.67. The van der Waals surface area contributed by atoms with Crippen molar-refractivity contribution in [2.45, 2.75) is 5.16 Å². The summed E-state index contributed by atoms with van der Waals surface area (Å²) in [6.07, 6.45) is 0. The first-order valence-corrected chi connectivity index (χ1v) is 7.97. The first kappa shape index (κ1) is 17.6. The number of carbonyl (C=O) groups is 1. The lowest BCUT2D eigenvalue weighted by molar-refractivity contribution is -0.384. The van der Waals surface area contributed by atoms with Gasteiger partial charge in [0.2, 0.25) is 11.1 Å². The minimum Gasteiger partial charge on any atom is -0.324 e. The smallest absolute Gasteiger partial charge is 0.324 e. The molecule has 24 heavy (non-hydrogen) atoms. The molecule has 0 aromatic heterocycles. The van der Waals surface area contributed by atoms with Crippen molar-refractivity contribution in [2.24, 2.45) is 5.92 Å². The SMILES string of the molecule is COP(=O)(OC)C1(C(C#N)C#N)C(=O)Nc2ccc([N+](=O)[O-])cc21. The second-order valence-corrected chi connectivity index (χ2v) is 7.19. The first-order valence-electron chi connectivity index (χ1n) is 6.43. The van der Waals surface area contributed by atoms with Gasteiger partial charge in [0.25, 0.3) is 5.69 Å². The second-order valence-electron chi connectivity index (χ2n) is 4.76. The van der Waals surface area contributed by atoms with Crippen molar-refractivity contribution in [3.8, 4) is 12.1 Å². The summed E-state index contributed by atoms with van der Waals surface area (Å²) in [7, 11) is -2.37. The van der Waals surface area contributed by atoms with Crippen molar-refractivity contribution in [1.82, 2.24) is 0 Å². The van der Waals surface area contributed by atoms with Gasteiger partial charge in [-0.3, -0.25) is 19.5 Å². The molecule has 1 aliphatic heterocycles. The van der Waals surface area contributed by atoms with Crippen LogP contribution in [0.4, 0.5) is 11.4 Å². The Morgan fingerprint density at radius 2 is 1.92 bits per heavy atom. The molecule has 1 heterocycles. The number of fused-ring (bicyclic) bond motifs is 1. The van der Waals surface area contributed by atoms with E-state index in [0.29, 0.717) is 0 Å². The van der Waals surface area contributed by atoms with Crippen LogP contribution in [0, 0.1) is 38.7 Å². The van der Waals surface area contributed by atoms with Crippen molar-refractivity contribution in [3.63, 3.8) is 0 Å². The molecule has 0 saturated carbocycles. The van der Waals surface area contributed by atoms with Gasteiger partial charge in [-0.1, -0.05) is 0 Å². The number of hydrogen-bond donors (Lipinski definition) is 1. The Kier molecular flexibility index (Phi) is 4.41. The number of nitrogens with one attached hydrogen (secondary N) is 1. The van der Waals surface area contributed by atoms with Gasteiger partial charge in [-0.2, -0.15) is 10.5 Å². The highest BCUT2D eigenvalue weighted by molar-refractivity contribution is 7.56. The number of benzene rings is 1. The molecule has 1 atom stereocenters. The van der Waals surface area contributed by atoms with Gasteiger partial charge in [0.05, 0.1) is 17.1 Å². The summed E-state index contributed by atoms with van der Waals surface area (Å²) >= 11 is 0. The van der Waals surface area contributed by atoms with Crippen molar-refractivity contribution in [2.75, 3.05) is 19.5 Å². The van der Waals surface area contributed by atoms with E-state index in [1.165, 1.54) is 6.07 Å². The highest BCUT2D eigenvalue weighted by Crippen LogP contribution is 2.70. The van der Waals surface area contributed by atoms with E-state index in [9.17, 15) is 30.0 Å². The average Bonchev–Trinajstić information content (AvgIpc) is 2.88. The monoisotopic (exact) mass is 350 g/mol. The third-order valence-corrected chi connectivity index (χ3v) is 6.34. The highest BCUT2D eigenvalue weighted by atomic mass is 31.2. The van der Waals surface area contributed by atoms with Crippen LogP contribution in [-0.4, -0.2) is 25.1 Å². The number of rotatable bonds is 5. The Bertz CT molecular complexity index is 835. The quantitative estimate of drug-likeness (QED) is 0.479. The van der Waals surface area contributed by atoms with E-state index in [-0.39, 0.29) is 11.3 Å². The molecule has 1 amide bonds. The second kappa shape index (κ2) is 6.02. The molecule has 1 N–H and O–H groups in total. The van der Waals surface area contributed by atoms with E-state index in [4.69, 9.17) is 9.05 Å². The summed E-state index contributed by atoms with van der Waals surface area (Å²) in [6.45, 7) is 0. The van der Waals surface area contributed by atoms with Gasteiger partial charge in [-0.15, -0.1) is 0 Å². The lowest BCUT2D eigenvalue weighted by Gasteiger charge is -2.33. The molecular weight excluding hydrogens is 339 g/mol. The van der Waals surface area contributed by atoms with Crippen molar-refractivity contribution in [1.29, 1.82) is 10.5 Å². The van der Waals surface area contributed by atoms with E-state index in [2.05, 4.69) is 5.32 Å². The van der Waals surface area contributed by atoms with Gasteiger partial charge < -0.3 is 14.4 Å². The van der Waals surface area contributed by atoms with Gasteiger partial charge in [0, 0.05) is 37.6 Å². The fourth-order valence-electron chi connectivity index (χ4n) is 2.70. The zero-order chi connectivity index (χ0) is 18.1. The van der Waals surface area contributed by atoms with Gasteiger partial charge in [0.1, 0.15) is 0 Å². The normalized spacial score (nSPS) is 19.3. The zero-order valence-electron chi connectivity index (χ0n) is 12.5. The molecule has 0 radical (unpaired) electrons. The molecule has 0 saturated heterocycles. The van der Waals surface area contributed by atoms with Crippen LogP contribution in [0.2, 0.25) is 0 Å². The van der Waals surface area contributed by atoms with E-state index >= 15 is 0 Å². The molecule has 1 unspecified atom stereocenters. The van der Waals surface area contributed by atoms with Crippen LogP contribution in [-0.2, 0) is 23.6 Å². The fourth-order valence-corrected chi connectivity index (χ4v) is 4.65. The largest absolute Gasteiger partial charge is 0.352 e. The number of non-ortho nitro benzene ring substituents is 1. The number of nitro benzene ring substituents is 1. The van der Waals surface area contributed by atoms with Crippen LogP contribution >= 0.6 is 7.60 Å². The maximum atomic E-state index is 13.1. The molecule has 0 spiro atoms. The topological polar surface area (TPSA) is 155 Å². The lowest BCUT2D eigenvalue weighted by Crippen LogP contribution is -2.41. The average molecular weight is 350 g/mol. The Balaban J connectivity index is 2.94. The maximum Gasteiger partial charge on any atom is 0.352 e. The Labute approximate surface area is 136 Å². The molecule has 1 aromatic carbocycles. The van der Waals surface area contributed by atoms with Crippen LogP contribution in [0.1, 0.15) is 5.56 Å². The molecule has 1 aliphatic rings. The maximum absolute atomic E-state index is 13.1. The summed E-state index contributed by atoms with van der Waals surface area (Å²) in [5.74, 6) is -2.72. The van der Waals surface area contributed by atoms with Crippen molar-refractivity contribution >= 4 is 24.9 Å². The number of nitro groups is 1. The molecule has 11 heteroatoms. The lowest BCUT2D eigenvalue weighted by atomic mass is 9.87. The molecule has 0 bridgehead atoms. The third kappa shape index (κ3) is 2.09. The van der Waals surface area contributed by atoms with Crippen molar-refractivity contribution in [3.05, 3.63) is 33.9 Å². The predicted molar refractivity (Wildman–Crippen MR) is 79.7 cm³/mol. The van der Waals surface area contributed by atoms with Gasteiger partial charge in [0.15, 0.2) is 5.92 Å². The van der Waals surface area contributed by atoms with Crippen molar-refractivity contribution < 1.29 is 23.3 Å². The first-order chi connectivity index (χ1) is 11.3. The summed E-state index contributed by atoms with van der Waals surface area (Å²) in [4.78, 5) is 23.0. The molecule has 124 valence electrons. The number of amides is 1. The zero-order valence-corrected chi connectivity index (χ0v) is 13.4. The Hall–Kier alpha value is -2.78. The fraction of sp³-hybridized carbons (Fsp3) is 0.308. The van der Waals surface area contributed by atoms with Gasteiger partial charge in [-0.05, 0) is 6.07 Å². The van der Waals surface area contributed by atoms with E-state index in [1.807, 2.05) is 0 Å². The van der Waals surface area contributed by atoms with Gasteiger partial charge >= 0.3 is 7.60 Å². The minimum absolute atomic E-state index is 0.0930. The van der Waals surface area contributed by atoms with Gasteiger partial charge in [-0.25, -0.2) is 0 Å². The summed E-state index contributed by atoms with van der Waals surface area (Å²) in [6, 6.07) is 6.56. The molecule has 0 aliphatic carbocycles. The van der Waals surface area contributed by atoms with E-state index in [0.717, 1.165) is 26.4 Å². The predicted octanol–water partition coefficient (Wildman–Crippen LogP) is 1.89. The van der Waals surface area contributed by atoms with Crippen LogP contribution in [0.15, 0.2) is 18.2 Å². The van der Waals surface area contributed by atoms with Crippen LogP contribution in [0.3, 0.4) is 0 Å². The summed E-state index contributed by atoms with van der Waals surface area (Å²) in [5, 5.41) is 29.7. The van der Waals surface area contributed by atoms with Crippen LogP contribution in [0.25, 0.3) is 0 Å². The Morgan fingerprint density at radius 1 is 1.33 bits per heavy atom. The Morgan fingerprint density at radius 3 is 2.38 bits per heavy atom. The summed E-state index contributed by atoms with van der Waals surface area (Å²) < 4.78 is 22.9. The molecule has 2 rings (SSSR count). The summed E-state index contributed by atoms with van der Waals surface area (Å²) in [5.41, 5.74) is -0.458. The number of nitrogens with zero attached hydrogens (tertiary/aromatic N) is 3. The third-order valence-electron chi connectivity index (χ3n) is 3.81. The molecule has 0 fully saturated rings. The molecular formula is C13H11N4O6P. The number of anilines is 1. The van der Waals surface area contributed by atoms with E-state index < -0.39 is 35.2 Å². The number of carbonyl (C=O) groups excluding carboxylic acids is 1. The number of hydrogen-bond acceptors (Lipinski definition) is 8. The van der Waals surface area contributed by atoms with Crippen LogP contribution in [0.5, 0.6) is 0 Å². The number of nitriles is 2.